The van der Waals surface area contributed by atoms with Crippen molar-refractivity contribution in [3.63, 3.8) is 0 Å². The molecule has 2 aromatic carbocycles. The average molecular weight is 382 g/mol. The molecule has 7 heteroatoms. The number of aliphatic carboxylic acids is 1. The molecule has 28 heavy (non-hydrogen) atoms. The molecule has 1 N–H and O–H groups in total. The maximum atomic E-state index is 12.2. The minimum atomic E-state index is -1.33. The molecule has 0 aliphatic heterocycles. The molecular formula is C21H20NO6-. The molecule has 1 atom stereocenters. The highest BCUT2D eigenvalue weighted by Gasteiger charge is 2.15. The summed E-state index contributed by atoms with van der Waals surface area (Å²) in [5.41, 5.74) is 0.524. The SMILES string of the molecule is CCC[C@@H](NC(=O)COc1ccc2c(oc(=O)c3ccccc32)c1C)C(=O)[O-]. The molecule has 0 saturated carbocycles. The third kappa shape index (κ3) is 3.83. The van der Waals surface area contributed by atoms with Gasteiger partial charge in [0, 0.05) is 10.9 Å². The maximum Gasteiger partial charge on any atom is 0.344 e. The van der Waals surface area contributed by atoms with Gasteiger partial charge in [-0.25, -0.2) is 4.79 Å². The Morgan fingerprint density at radius 2 is 1.86 bits per heavy atom. The van der Waals surface area contributed by atoms with Crippen molar-refractivity contribution in [2.45, 2.75) is 32.7 Å². The molecule has 0 aliphatic carbocycles. The fourth-order valence-corrected chi connectivity index (χ4v) is 3.13. The molecule has 0 spiro atoms. The summed E-state index contributed by atoms with van der Waals surface area (Å²) in [6.45, 7) is 3.18. The second-order valence-electron chi connectivity index (χ2n) is 6.52. The molecule has 3 aromatic rings. The number of hydrogen-bond acceptors (Lipinski definition) is 6. The Labute approximate surface area is 160 Å². The third-order valence-electron chi connectivity index (χ3n) is 4.54. The summed E-state index contributed by atoms with van der Waals surface area (Å²) in [6.07, 6.45) is 0.873. The van der Waals surface area contributed by atoms with E-state index in [-0.39, 0.29) is 13.0 Å². The molecule has 0 radical (unpaired) electrons. The van der Waals surface area contributed by atoms with Crippen LogP contribution in [0.5, 0.6) is 5.75 Å². The average Bonchev–Trinajstić information content (AvgIpc) is 2.68. The van der Waals surface area contributed by atoms with Crippen molar-refractivity contribution in [1.29, 1.82) is 0 Å². The van der Waals surface area contributed by atoms with E-state index in [1.165, 1.54) is 0 Å². The van der Waals surface area contributed by atoms with E-state index in [1.807, 2.05) is 19.1 Å². The van der Waals surface area contributed by atoms with Crippen LogP contribution in [0.1, 0.15) is 25.3 Å². The van der Waals surface area contributed by atoms with E-state index >= 15 is 0 Å². The van der Waals surface area contributed by atoms with E-state index in [0.29, 0.717) is 28.7 Å². The van der Waals surface area contributed by atoms with Gasteiger partial charge in [-0.3, -0.25) is 4.79 Å². The zero-order valence-electron chi connectivity index (χ0n) is 15.6. The molecule has 0 saturated heterocycles. The molecule has 0 aliphatic rings. The fraction of sp³-hybridized carbons (Fsp3) is 0.286. The number of carboxylic acids is 1. The Balaban J connectivity index is 1.84. The van der Waals surface area contributed by atoms with Crippen molar-refractivity contribution in [2.24, 2.45) is 0 Å². The Morgan fingerprint density at radius 1 is 1.14 bits per heavy atom. The van der Waals surface area contributed by atoms with Gasteiger partial charge in [0.05, 0.1) is 17.4 Å². The highest BCUT2D eigenvalue weighted by atomic mass is 16.5. The number of fused-ring (bicyclic) bond motifs is 3. The van der Waals surface area contributed by atoms with Gasteiger partial charge in [-0.1, -0.05) is 31.5 Å². The van der Waals surface area contributed by atoms with Gasteiger partial charge in [0.25, 0.3) is 5.91 Å². The smallest absolute Gasteiger partial charge is 0.344 e. The van der Waals surface area contributed by atoms with Crippen molar-refractivity contribution in [1.82, 2.24) is 5.32 Å². The predicted molar refractivity (Wildman–Crippen MR) is 102 cm³/mol. The number of benzene rings is 2. The summed E-state index contributed by atoms with van der Waals surface area (Å²) in [5.74, 6) is -1.52. The largest absolute Gasteiger partial charge is 0.548 e. The third-order valence-corrected chi connectivity index (χ3v) is 4.54. The van der Waals surface area contributed by atoms with Gasteiger partial charge >= 0.3 is 5.63 Å². The van der Waals surface area contributed by atoms with Crippen molar-refractivity contribution in [3.8, 4) is 5.75 Å². The molecule has 7 nitrogen and oxygen atoms in total. The molecule has 1 heterocycles. The van der Waals surface area contributed by atoms with Crippen LogP contribution >= 0.6 is 0 Å². The van der Waals surface area contributed by atoms with Crippen LogP contribution in [0.3, 0.4) is 0 Å². The predicted octanol–water partition coefficient (Wildman–Crippen LogP) is 1.67. The topological polar surface area (TPSA) is 109 Å². The summed E-state index contributed by atoms with van der Waals surface area (Å²) in [4.78, 5) is 35.3. The molecule has 0 bridgehead atoms. The second-order valence-corrected chi connectivity index (χ2v) is 6.52. The minimum Gasteiger partial charge on any atom is -0.548 e. The van der Waals surface area contributed by atoms with Gasteiger partial charge in [-0.2, -0.15) is 0 Å². The van der Waals surface area contributed by atoms with E-state index in [0.717, 1.165) is 10.8 Å². The molecule has 1 amide bonds. The number of amides is 1. The van der Waals surface area contributed by atoms with E-state index in [4.69, 9.17) is 9.15 Å². The van der Waals surface area contributed by atoms with Gasteiger partial charge < -0.3 is 24.4 Å². The zero-order valence-corrected chi connectivity index (χ0v) is 15.6. The van der Waals surface area contributed by atoms with E-state index < -0.39 is 23.5 Å². The standard InChI is InChI=1S/C21H21NO6/c1-3-6-16(20(24)25)22-18(23)11-27-17-10-9-14-13-7-4-5-8-15(13)21(26)28-19(14)12(17)2/h4-5,7-10,16H,3,6,11H2,1-2H3,(H,22,23)(H,24,25)/p-1/t16-/m1/s1. The highest BCUT2D eigenvalue weighted by molar-refractivity contribution is 6.05. The van der Waals surface area contributed by atoms with Crippen LogP contribution in [-0.4, -0.2) is 24.5 Å². The summed E-state index contributed by atoms with van der Waals surface area (Å²) in [7, 11) is 0. The van der Waals surface area contributed by atoms with Crippen molar-refractivity contribution in [3.05, 3.63) is 52.4 Å². The lowest BCUT2D eigenvalue weighted by molar-refractivity contribution is -0.308. The van der Waals surface area contributed by atoms with Crippen LogP contribution in [0.25, 0.3) is 21.7 Å². The summed E-state index contributed by atoms with van der Waals surface area (Å²) in [5, 5.41) is 15.4. The van der Waals surface area contributed by atoms with Crippen LogP contribution in [0.2, 0.25) is 0 Å². The number of nitrogens with one attached hydrogen (secondary N) is 1. The Morgan fingerprint density at radius 3 is 2.54 bits per heavy atom. The lowest BCUT2D eigenvalue weighted by atomic mass is 10.0. The first-order valence-corrected chi connectivity index (χ1v) is 9.00. The number of rotatable bonds is 7. The molecular weight excluding hydrogens is 362 g/mol. The Bertz CT molecular complexity index is 1100. The first-order valence-electron chi connectivity index (χ1n) is 9.00. The van der Waals surface area contributed by atoms with E-state index in [2.05, 4.69) is 5.32 Å². The van der Waals surface area contributed by atoms with Gasteiger partial charge in [0.2, 0.25) is 0 Å². The summed E-state index contributed by atoms with van der Waals surface area (Å²) >= 11 is 0. The van der Waals surface area contributed by atoms with Crippen molar-refractivity contribution < 1.29 is 23.8 Å². The van der Waals surface area contributed by atoms with Crippen LogP contribution < -0.4 is 20.8 Å². The van der Waals surface area contributed by atoms with E-state index in [1.54, 1.807) is 31.2 Å². The van der Waals surface area contributed by atoms with Crippen LogP contribution in [0, 0.1) is 6.92 Å². The van der Waals surface area contributed by atoms with Gasteiger partial charge in [0.1, 0.15) is 11.3 Å². The molecule has 146 valence electrons. The Kier molecular flexibility index (Phi) is 5.63. The van der Waals surface area contributed by atoms with Crippen LogP contribution in [0.15, 0.2) is 45.6 Å². The van der Waals surface area contributed by atoms with Crippen LogP contribution in [-0.2, 0) is 9.59 Å². The molecule has 3 rings (SSSR count). The van der Waals surface area contributed by atoms with Gasteiger partial charge in [0.15, 0.2) is 6.61 Å². The number of carbonyl (C=O) groups excluding carboxylic acids is 2. The number of hydrogen-bond donors (Lipinski definition) is 1. The Hall–Kier alpha value is -3.35. The maximum absolute atomic E-state index is 12.2. The van der Waals surface area contributed by atoms with Gasteiger partial charge in [-0.05, 0) is 36.9 Å². The van der Waals surface area contributed by atoms with Gasteiger partial charge in [-0.15, -0.1) is 0 Å². The second kappa shape index (κ2) is 8.12. The minimum absolute atomic E-state index is 0.279. The fourth-order valence-electron chi connectivity index (χ4n) is 3.13. The zero-order chi connectivity index (χ0) is 20.3. The molecule has 0 unspecified atom stereocenters. The number of ether oxygens (including phenoxy) is 1. The summed E-state index contributed by atoms with van der Waals surface area (Å²) in [6, 6.07) is 9.57. The van der Waals surface area contributed by atoms with Crippen molar-refractivity contribution in [2.75, 3.05) is 6.61 Å². The highest BCUT2D eigenvalue weighted by Crippen LogP contribution is 2.30. The van der Waals surface area contributed by atoms with E-state index in [9.17, 15) is 19.5 Å². The summed E-state index contributed by atoms with van der Waals surface area (Å²) < 4.78 is 11.0. The molecule has 0 fully saturated rings. The first kappa shape index (κ1) is 19.4. The quantitative estimate of drug-likeness (QED) is 0.492. The monoisotopic (exact) mass is 382 g/mol. The molecule has 1 aromatic heterocycles. The van der Waals surface area contributed by atoms with Crippen LogP contribution in [0.4, 0.5) is 0 Å². The lowest BCUT2D eigenvalue weighted by Crippen LogP contribution is -2.49. The number of carboxylic acid groups (broad SMARTS) is 1. The number of carbonyl (C=O) groups is 2. The lowest BCUT2D eigenvalue weighted by Gasteiger charge is -2.19. The first-order chi connectivity index (χ1) is 13.4. The normalized spacial score (nSPS) is 12.1. The number of aryl methyl sites for hydroxylation is 1. The van der Waals surface area contributed by atoms with Crippen molar-refractivity contribution >= 4 is 33.6 Å².